The first kappa shape index (κ1) is 23.9. The monoisotopic (exact) mass is 497 g/mol. The Morgan fingerprint density at radius 1 is 1.12 bits per heavy atom. The molecule has 3 aromatic rings. The van der Waals surface area contributed by atoms with Crippen molar-refractivity contribution in [2.45, 2.75) is 18.9 Å². The SMILES string of the molecule is COC(CNC(=O)C(=O)Nc1ccc2c(c1)CCCN2C(=O)c1cccs1)c1ccccc1Cl. The van der Waals surface area contributed by atoms with Gasteiger partial charge < -0.3 is 20.3 Å². The number of nitrogens with zero attached hydrogens (tertiary/aromatic N) is 1. The maximum atomic E-state index is 12.8. The number of benzene rings is 2. The number of hydrogen-bond donors (Lipinski definition) is 2. The molecule has 0 bridgehead atoms. The summed E-state index contributed by atoms with van der Waals surface area (Å²) in [4.78, 5) is 40.1. The Kier molecular flexibility index (Phi) is 7.62. The van der Waals surface area contributed by atoms with Crippen LogP contribution < -0.4 is 15.5 Å². The van der Waals surface area contributed by atoms with E-state index in [4.69, 9.17) is 16.3 Å². The number of rotatable bonds is 6. The van der Waals surface area contributed by atoms with Gasteiger partial charge in [0.25, 0.3) is 5.91 Å². The first-order valence-corrected chi connectivity index (χ1v) is 12.1. The average molecular weight is 498 g/mol. The van der Waals surface area contributed by atoms with Gasteiger partial charge in [0.15, 0.2) is 0 Å². The highest BCUT2D eigenvalue weighted by molar-refractivity contribution is 7.12. The van der Waals surface area contributed by atoms with Gasteiger partial charge in [-0.25, -0.2) is 0 Å². The third kappa shape index (κ3) is 5.30. The molecule has 1 aliphatic rings. The zero-order valence-electron chi connectivity index (χ0n) is 18.5. The van der Waals surface area contributed by atoms with E-state index in [-0.39, 0.29) is 12.5 Å². The molecule has 1 aliphatic heterocycles. The van der Waals surface area contributed by atoms with Crippen LogP contribution in [0.25, 0.3) is 0 Å². The highest BCUT2D eigenvalue weighted by Gasteiger charge is 2.25. The van der Waals surface area contributed by atoms with Crippen LogP contribution in [0.4, 0.5) is 11.4 Å². The summed E-state index contributed by atoms with van der Waals surface area (Å²) in [5.41, 5.74) is 3.00. The third-order valence-electron chi connectivity index (χ3n) is 5.62. The maximum Gasteiger partial charge on any atom is 0.313 e. The molecule has 3 amide bonds. The standard InChI is InChI=1S/C25H24ClN3O4S/c1-33-21(18-7-2-3-8-19(18)26)15-27-23(30)24(31)28-17-10-11-20-16(14-17)6-4-12-29(20)25(32)22-9-5-13-34-22/h2-3,5,7-11,13-14,21H,4,6,12,15H2,1H3,(H,27,30)(H,28,31). The van der Waals surface area contributed by atoms with Gasteiger partial charge in [-0.05, 0) is 54.1 Å². The summed E-state index contributed by atoms with van der Waals surface area (Å²) in [7, 11) is 1.51. The lowest BCUT2D eigenvalue weighted by Gasteiger charge is -2.29. The van der Waals surface area contributed by atoms with Crippen LogP contribution >= 0.6 is 22.9 Å². The third-order valence-corrected chi connectivity index (χ3v) is 6.83. The Morgan fingerprint density at radius 3 is 2.68 bits per heavy atom. The Labute approximate surface area is 206 Å². The average Bonchev–Trinajstić information content (AvgIpc) is 3.39. The lowest BCUT2D eigenvalue weighted by atomic mass is 10.0. The molecule has 2 heterocycles. The lowest BCUT2D eigenvalue weighted by molar-refractivity contribution is -0.136. The minimum Gasteiger partial charge on any atom is -0.375 e. The first-order chi connectivity index (χ1) is 16.5. The van der Waals surface area contributed by atoms with Gasteiger partial charge >= 0.3 is 11.8 Å². The minimum atomic E-state index is -0.781. The molecule has 0 spiro atoms. The number of hydrogen-bond acceptors (Lipinski definition) is 5. The van der Waals surface area contributed by atoms with Crippen molar-refractivity contribution in [3.63, 3.8) is 0 Å². The maximum absolute atomic E-state index is 12.8. The molecule has 4 rings (SSSR count). The fourth-order valence-electron chi connectivity index (χ4n) is 3.93. The van der Waals surface area contributed by atoms with Gasteiger partial charge in [0.2, 0.25) is 0 Å². The van der Waals surface area contributed by atoms with E-state index in [0.717, 1.165) is 29.7 Å². The molecule has 0 fully saturated rings. The highest BCUT2D eigenvalue weighted by Crippen LogP contribution is 2.31. The molecule has 7 nitrogen and oxygen atoms in total. The molecule has 0 saturated carbocycles. The summed E-state index contributed by atoms with van der Waals surface area (Å²) in [6, 6.07) is 16.2. The number of anilines is 2. The number of amides is 3. The number of ether oxygens (including phenoxy) is 1. The fraction of sp³-hybridized carbons (Fsp3) is 0.240. The van der Waals surface area contributed by atoms with Gasteiger partial charge in [-0.15, -0.1) is 11.3 Å². The van der Waals surface area contributed by atoms with E-state index in [1.807, 2.05) is 41.8 Å². The van der Waals surface area contributed by atoms with Gasteiger partial charge in [-0.1, -0.05) is 35.9 Å². The van der Waals surface area contributed by atoms with Crippen LogP contribution in [0.3, 0.4) is 0 Å². The second kappa shape index (κ2) is 10.8. The quantitative estimate of drug-likeness (QED) is 0.493. The van der Waals surface area contributed by atoms with Crippen LogP contribution in [0.2, 0.25) is 5.02 Å². The van der Waals surface area contributed by atoms with Gasteiger partial charge in [0.1, 0.15) is 6.10 Å². The van der Waals surface area contributed by atoms with E-state index in [0.29, 0.717) is 22.1 Å². The number of carbonyl (C=O) groups excluding carboxylic acids is 3. The van der Waals surface area contributed by atoms with Crippen LogP contribution in [0, 0.1) is 0 Å². The molecule has 9 heteroatoms. The van der Waals surface area contributed by atoms with Crippen LogP contribution in [-0.2, 0) is 20.7 Å². The lowest BCUT2D eigenvalue weighted by Crippen LogP contribution is -2.38. The fourth-order valence-corrected chi connectivity index (χ4v) is 4.86. The summed E-state index contributed by atoms with van der Waals surface area (Å²) in [6.45, 7) is 0.737. The van der Waals surface area contributed by atoms with Crippen molar-refractivity contribution in [3.8, 4) is 0 Å². The first-order valence-electron chi connectivity index (χ1n) is 10.8. The second-order valence-electron chi connectivity index (χ2n) is 7.79. The molecule has 176 valence electrons. The molecular formula is C25H24ClN3O4S. The molecule has 1 aromatic heterocycles. The van der Waals surface area contributed by atoms with Gasteiger partial charge in [-0.3, -0.25) is 14.4 Å². The van der Waals surface area contributed by atoms with E-state index >= 15 is 0 Å². The van der Waals surface area contributed by atoms with Crippen molar-refractivity contribution >= 4 is 52.0 Å². The Morgan fingerprint density at radius 2 is 1.94 bits per heavy atom. The zero-order chi connectivity index (χ0) is 24.1. The minimum absolute atomic E-state index is 0.0293. The highest BCUT2D eigenvalue weighted by atomic mass is 35.5. The predicted molar refractivity (Wildman–Crippen MR) is 134 cm³/mol. The van der Waals surface area contributed by atoms with Crippen LogP contribution in [-0.4, -0.2) is 37.9 Å². The number of aryl methyl sites for hydroxylation is 1. The van der Waals surface area contributed by atoms with E-state index in [1.54, 1.807) is 23.1 Å². The molecule has 2 N–H and O–H groups in total. The van der Waals surface area contributed by atoms with Gasteiger partial charge in [0, 0.05) is 42.2 Å². The van der Waals surface area contributed by atoms with E-state index in [2.05, 4.69) is 10.6 Å². The summed E-state index contributed by atoms with van der Waals surface area (Å²) in [6.07, 6.45) is 1.12. The Balaban J connectivity index is 1.39. The molecule has 1 unspecified atom stereocenters. The molecular weight excluding hydrogens is 474 g/mol. The molecule has 34 heavy (non-hydrogen) atoms. The Hall–Kier alpha value is -3.20. The number of methoxy groups -OCH3 is 1. The number of fused-ring (bicyclic) bond motifs is 1. The topological polar surface area (TPSA) is 87.7 Å². The van der Waals surface area contributed by atoms with Crippen LogP contribution in [0.5, 0.6) is 0 Å². The normalized spacial score (nSPS) is 13.6. The van der Waals surface area contributed by atoms with Crippen molar-refractivity contribution in [3.05, 3.63) is 81.0 Å². The van der Waals surface area contributed by atoms with E-state index in [1.165, 1.54) is 18.4 Å². The van der Waals surface area contributed by atoms with Crippen molar-refractivity contribution in [2.24, 2.45) is 0 Å². The molecule has 0 saturated heterocycles. The van der Waals surface area contributed by atoms with Crippen molar-refractivity contribution in [1.82, 2.24) is 5.32 Å². The van der Waals surface area contributed by atoms with Crippen molar-refractivity contribution < 1.29 is 19.1 Å². The summed E-state index contributed by atoms with van der Waals surface area (Å²) in [5, 5.41) is 7.63. The van der Waals surface area contributed by atoms with E-state index < -0.39 is 17.9 Å². The van der Waals surface area contributed by atoms with Crippen LogP contribution in [0.1, 0.15) is 33.3 Å². The molecule has 0 radical (unpaired) electrons. The van der Waals surface area contributed by atoms with E-state index in [9.17, 15) is 14.4 Å². The second-order valence-corrected chi connectivity index (χ2v) is 9.15. The molecule has 1 atom stereocenters. The number of carbonyl (C=O) groups is 3. The Bertz CT molecular complexity index is 1200. The summed E-state index contributed by atoms with van der Waals surface area (Å²) in [5.74, 6) is -1.59. The number of nitrogens with one attached hydrogen (secondary N) is 2. The molecule has 0 aliphatic carbocycles. The number of thiophene rings is 1. The largest absolute Gasteiger partial charge is 0.375 e. The molecule has 2 aromatic carbocycles. The zero-order valence-corrected chi connectivity index (χ0v) is 20.1. The summed E-state index contributed by atoms with van der Waals surface area (Å²) >= 11 is 7.62. The van der Waals surface area contributed by atoms with Gasteiger partial charge in [0.05, 0.1) is 4.88 Å². The van der Waals surface area contributed by atoms with Crippen molar-refractivity contribution in [1.29, 1.82) is 0 Å². The van der Waals surface area contributed by atoms with Gasteiger partial charge in [-0.2, -0.15) is 0 Å². The van der Waals surface area contributed by atoms with Crippen LogP contribution in [0.15, 0.2) is 60.0 Å². The van der Waals surface area contributed by atoms with Crippen molar-refractivity contribution in [2.75, 3.05) is 30.4 Å². The number of halogens is 1. The smallest absolute Gasteiger partial charge is 0.313 e. The summed E-state index contributed by atoms with van der Waals surface area (Å²) < 4.78 is 5.42. The predicted octanol–water partition coefficient (Wildman–Crippen LogP) is 4.44.